The van der Waals surface area contributed by atoms with Gasteiger partial charge >= 0.3 is 6.61 Å². The Morgan fingerprint density at radius 1 is 1.25 bits per heavy atom. The number of guanidine groups is 1. The zero-order valence-corrected chi connectivity index (χ0v) is 16.8. The highest BCUT2D eigenvalue weighted by Crippen LogP contribution is 2.25. The Bertz CT molecular complexity index is 802. The van der Waals surface area contributed by atoms with Crippen molar-refractivity contribution in [2.75, 3.05) is 25.5 Å². The number of aromatic nitrogens is 1. The summed E-state index contributed by atoms with van der Waals surface area (Å²) in [4.78, 5) is 10.8. The van der Waals surface area contributed by atoms with E-state index in [-0.39, 0.29) is 12.3 Å². The first-order chi connectivity index (χ1) is 13.4. The van der Waals surface area contributed by atoms with Crippen LogP contribution in [0.2, 0.25) is 5.02 Å². The second-order valence-electron chi connectivity index (χ2n) is 6.06. The monoisotopic (exact) mass is 411 g/mol. The Kier molecular flexibility index (Phi) is 8.25. The third kappa shape index (κ3) is 6.53. The summed E-state index contributed by atoms with van der Waals surface area (Å²) >= 11 is 5.98. The van der Waals surface area contributed by atoms with Crippen LogP contribution in [-0.4, -0.2) is 38.2 Å². The van der Waals surface area contributed by atoms with E-state index < -0.39 is 6.61 Å². The van der Waals surface area contributed by atoms with E-state index in [1.807, 2.05) is 38.1 Å². The van der Waals surface area contributed by atoms with Gasteiger partial charge in [-0.25, -0.2) is 9.98 Å². The Morgan fingerprint density at radius 3 is 2.71 bits per heavy atom. The highest BCUT2D eigenvalue weighted by atomic mass is 35.5. The number of rotatable bonds is 8. The number of aliphatic imine (C=N–C) groups is 1. The second kappa shape index (κ2) is 10.7. The zero-order valence-electron chi connectivity index (χ0n) is 16.0. The number of halogens is 3. The van der Waals surface area contributed by atoms with Crippen LogP contribution in [-0.2, 0) is 13.1 Å². The molecule has 0 aliphatic carbocycles. The van der Waals surface area contributed by atoms with Crippen molar-refractivity contribution in [1.29, 1.82) is 0 Å². The van der Waals surface area contributed by atoms with E-state index >= 15 is 0 Å². The minimum Gasteiger partial charge on any atom is -0.434 e. The highest BCUT2D eigenvalue weighted by molar-refractivity contribution is 6.30. The van der Waals surface area contributed by atoms with Crippen molar-refractivity contribution < 1.29 is 13.5 Å². The lowest BCUT2D eigenvalue weighted by Crippen LogP contribution is -2.37. The molecule has 1 heterocycles. The fraction of sp³-hybridized carbons (Fsp3) is 0.368. The van der Waals surface area contributed by atoms with Crippen LogP contribution in [0.4, 0.5) is 14.6 Å². The number of benzene rings is 1. The number of nitrogens with one attached hydrogen (secondary N) is 2. The number of pyridine rings is 1. The van der Waals surface area contributed by atoms with Crippen LogP contribution in [0.1, 0.15) is 18.1 Å². The van der Waals surface area contributed by atoms with Gasteiger partial charge in [0.1, 0.15) is 11.6 Å². The van der Waals surface area contributed by atoms with Gasteiger partial charge in [0.2, 0.25) is 0 Å². The van der Waals surface area contributed by atoms with Crippen molar-refractivity contribution in [3.63, 3.8) is 0 Å². The first-order valence-electron chi connectivity index (χ1n) is 8.77. The maximum Gasteiger partial charge on any atom is 0.387 e. The number of nitrogens with zero attached hydrogens (tertiary/aromatic N) is 3. The molecule has 1 aromatic carbocycles. The standard InChI is InChI=1S/C19H24ClF2N5O/c1-4-23-19(25-11-13-6-5-9-24-17(13)27(2)3)26-12-14-10-15(20)7-8-16(14)28-18(21)22/h5-10,18H,4,11-12H2,1-3H3,(H2,23,25,26). The smallest absolute Gasteiger partial charge is 0.387 e. The average molecular weight is 412 g/mol. The molecular weight excluding hydrogens is 388 g/mol. The third-order valence-electron chi connectivity index (χ3n) is 3.73. The van der Waals surface area contributed by atoms with Gasteiger partial charge in [-0.1, -0.05) is 17.7 Å². The van der Waals surface area contributed by atoms with Crippen molar-refractivity contribution in [2.24, 2.45) is 4.99 Å². The summed E-state index contributed by atoms with van der Waals surface area (Å²) in [5.41, 5.74) is 1.47. The van der Waals surface area contributed by atoms with E-state index in [0.717, 1.165) is 11.4 Å². The van der Waals surface area contributed by atoms with Gasteiger partial charge in [0.15, 0.2) is 5.96 Å². The topological polar surface area (TPSA) is 61.8 Å². The molecule has 0 saturated heterocycles. The van der Waals surface area contributed by atoms with Gasteiger partial charge in [0.05, 0.1) is 6.54 Å². The Labute approximate surface area is 168 Å². The minimum atomic E-state index is -2.91. The van der Waals surface area contributed by atoms with Gasteiger partial charge in [-0.2, -0.15) is 8.78 Å². The van der Waals surface area contributed by atoms with Crippen LogP contribution in [0.3, 0.4) is 0 Å². The van der Waals surface area contributed by atoms with E-state index in [2.05, 4.69) is 25.3 Å². The lowest BCUT2D eigenvalue weighted by Gasteiger charge is -2.17. The summed E-state index contributed by atoms with van der Waals surface area (Å²) in [6.07, 6.45) is 1.74. The number of ether oxygens (including phenoxy) is 1. The molecule has 0 bridgehead atoms. The molecule has 0 fully saturated rings. The van der Waals surface area contributed by atoms with Gasteiger partial charge in [0.25, 0.3) is 0 Å². The van der Waals surface area contributed by atoms with E-state index in [0.29, 0.717) is 29.6 Å². The van der Waals surface area contributed by atoms with Crippen LogP contribution in [0.15, 0.2) is 41.5 Å². The number of anilines is 1. The van der Waals surface area contributed by atoms with Crippen LogP contribution in [0, 0.1) is 0 Å². The second-order valence-corrected chi connectivity index (χ2v) is 6.50. The third-order valence-corrected chi connectivity index (χ3v) is 3.96. The van der Waals surface area contributed by atoms with Crippen LogP contribution < -0.4 is 20.3 Å². The molecule has 152 valence electrons. The van der Waals surface area contributed by atoms with Crippen molar-refractivity contribution >= 4 is 23.4 Å². The highest BCUT2D eigenvalue weighted by Gasteiger charge is 2.11. The summed E-state index contributed by atoms with van der Waals surface area (Å²) in [6.45, 7) is 0.312. The zero-order chi connectivity index (χ0) is 20.5. The summed E-state index contributed by atoms with van der Waals surface area (Å²) in [5, 5.41) is 6.78. The van der Waals surface area contributed by atoms with Gasteiger partial charge in [-0.05, 0) is 31.2 Å². The van der Waals surface area contributed by atoms with E-state index in [1.165, 1.54) is 12.1 Å². The Balaban J connectivity index is 2.14. The number of hydrogen-bond donors (Lipinski definition) is 2. The first-order valence-corrected chi connectivity index (χ1v) is 9.15. The van der Waals surface area contributed by atoms with Gasteiger partial charge in [0, 0.05) is 49.5 Å². The Hall–Kier alpha value is -2.61. The molecule has 0 spiro atoms. The van der Waals surface area contributed by atoms with Gasteiger partial charge in [-0.15, -0.1) is 0 Å². The molecule has 9 heteroatoms. The molecule has 0 aliphatic heterocycles. The lowest BCUT2D eigenvalue weighted by atomic mass is 10.2. The molecule has 0 saturated carbocycles. The van der Waals surface area contributed by atoms with Crippen LogP contribution in [0.5, 0.6) is 5.75 Å². The number of hydrogen-bond acceptors (Lipinski definition) is 4. The molecule has 0 amide bonds. The van der Waals surface area contributed by atoms with Gasteiger partial charge < -0.3 is 20.3 Å². The maximum atomic E-state index is 12.6. The first kappa shape index (κ1) is 21.7. The maximum absolute atomic E-state index is 12.6. The van der Waals surface area contributed by atoms with Gasteiger partial charge in [-0.3, -0.25) is 0 Å². The summed E-state index contributed by atoms with van der Waals surface area (Å²) < 4.78 is 29.8. The largest absolute Gasteiger partial charge is 0.434 e. The molecule has 28 heavy (non-hydrogen) atoms. The fourth-order valence-corrected chi connectivity index (χ4v) is 2.73. The normalized spacial score (nSPS) is 11.5. The molecule has 2 aromatic rings. The Morgan fingerprint density at radius 2 is 2.04 bits per heavy atom. The molecule has 0 aliphatic rings. The van der Waals surface area contributed by atoms with Crippen LogP contribution >= 0.6 is 11.6 Å². The predicted molar refractivity (Wildman–Crippen MR) is 108 cm³/mol. The molecule has 0 atom stereocenters. The quantitative estimate of drug-likeness (QED) is 0.512. The molecule has 0 unspecified atom stereocenters. The van der Waals surface area contributed by atoms with Crippen molar-refractivity contribution in [1.82, 2.24) is 15.6 Å². The van der Waals surface area contributed by atoms with Crippen molar-refractivity contribution in [2.45, 2.75) is 26.6 Å². The molecule has 0 radical (unpaired) electrons. The fourth-order valence-electron chi connectivity index (χ4n) is 2.54. The number of alkyl halides is 2. The van der Waals surface area contributed by atoms with E-state index in [1.54, 1.807) is 12.3 Å². The molecule has 6 nitrogen and oxygen atoms in total. The lowest BCUT2D eigenvalue weighted by molar-refractivity contribution is -0.0504. The SMILES string of the molecule is CCNC(=NCc1cc(Cl)ccc1OC(F)F)NCc1cccnc1N(C)C. The van der Waals surface area contributed by atoms with E-state index in [4.69, 9.17) is 11.6 Å². The minimum absolute atomic E-state index is 0.0566. The average Bonchev–Trinajstić information content (AvgIpc) is 2.65. The molecule has 1 aromatic heterocycles. The van der Waals surface area contributed by atoms with Crippen molar-refractivity contribution in [3.8, 4) is 5.75 Å². The molecule has 2 N–H and O–H groups in total. The molecule has 2 rings (SSSR count). The summed E-state index contributed by atoms with van der Waals surface area (Å²) in [6, 6.07) is 8.33. The summed E-state index contributed by atoms with van der Waals surface area (Å²) in [7, 11) is 3.85. The molecular formula is C19H24ClF2N5O. The van der Waals surface area contributed by atoms with Crippen LogP contribution in [0.25, 0.3) is 0 Å². The van der Waals surface area contributed by atoms with Crippen molar-refractivity contribution in [3.05, 3.63) is 52.7 Å². The van der Waals surface area contributed by atoms with E-state index in [9.17, 15) is 8.78 Å². The predicted octanol–water partition coefficient (Wildman–Crippen LogP) is 3.66. The summed E-state index contributed by atoms with van der Waals surface area (Å²) in [5.74, 6) is 1.45.